The number of halogens is 3. The number of nitrogens with zero attached hydrogens (tertiary/aromatic N) is 2. The van der Waals surface area contributed by atoms with E-state index in [4.69, 9.17) is 0 Å². The summed E-state index contributed by atoms with van der Waals surface area (Å²) in [4.78, 5) is 8.56. The maximum atomic E-state index is 13.1. The molecule has 0 saturated carbocycles. The lowest BCUT2D eigenvalue weighted by atomic mass is 10.0. The molecule has 3 rings (SSSR count). The second-order valence-corrected chi connectivity index (χ2v) is 5.87. The fourth-order valence-electron chi connectivity index (χ4n) is 2.68. The Morgan fingerprint density at radius 2 is 1.58 bits per heavy atom. The first-order chi connectivity index (χ1) is 12.5. The van der Waals surface area contributed by atoms with Crippen LogP contribution in [0, 0.1) is 0 Å². The summed E-state index contributed by atoms with van der Waals surface area (Å²) in [6, 6.07) is 17.2. The minimum Gasteiger partial charge on any atom is -0.350 e. The monoisotopic (exact) mass is 357 g/mol. The van der Waals surface area contributed by atoms with Crippen molar-refractivity contribution in [2.75, 3.05) is 5.32 Å². The quantitative estimate of drug-likeness (QED) is 0.682. The molecule has 3 nitrogen and oxygen atoms in total. The van der Waals surface area contributed by atoms with Crippen molar-refractivity contribution in [3.8, 4) is 0 Å². The van der Waals surface area contributed by atoms with Gasteiger partial charge in [0, 0.05) is 18.4 Å². The Hall–Kier alpha value is -2.89. The second kappa shape index (κ2) is 7.99. The molecule has 0 aliphatic carbocycles. The first kappa shape index (κ1) is 17.9. The van der Waals surface area contributed by atoms with Crippen LogP contribution in [0.2, 0.25) is 0 Å². The van der Waals surface area contributed by atoms with E-state index >= 15 is 0 Å². The van der Waals surface area contributed by atoms with Gasteiger partial charge in [0.15, 0.2) is 0 Å². The number of alkyl halides is 3. The van der Waals surface area contributed by atoms with Gasteiger partial charge in [-0.3, -0.25) is 0 Å². The van der Waals surface area contributed by atoms with Gasteiger partial charge in [-0.15, -0.1) is 0 Å². The minimum absolute atomic E-state index is 0.269. The lowest BCUT2D eigenvalue weighted by molar-refractivity contribution is -0.138. The first-order valence-electron chi connectivity index (χ1n) is 8.27. The maximum absolute atomic E-state index is 13.1. The van der Waals surface area contributed by atoms with Crippen molar-refractivity contribution < 1.29 is 13.2 Å². The lowest BCUT2D eigenvalue weighted by Crippen LogP contribution is -2.10. The molecule has 0 radical (unpaired) electrons. The van der Waals surface area contributed by atoms with Crippen LogP contribution in [0.25, 0.3) is 0 Å². The molecule has 0 bridgehead atoms. The molecular weight excluding hydrogens is 339 g/mol. The molecule has 2 aromatic carbocycles. The van der Waals surface area contributed by atoms with Crippen molar-refractivity contribution in [3.05, 3.63) is 89.2 Å². The van der Waals surface area contributed by atoms with Crippen LogP contribution in [-0.4, -0.2) is 9.97 Å². The van der Waals surface area contributed by atoms with Gasteiger partial charge >= 0.3 is 6.18 Å². The molecule has 0 unspecified atom stereocenters. The van der Waals surface area contributed by atoms with Crippen LogP contribution >= 0.6 is 0 Å². The van der Waals surface area contributed by atoms with Gasteiger partial charge in [-0.05, 0) is 36.1 Å². The van der Waals surface area contributed by atoms with E-state index in [1.54, 1.807) is 18.3 Å². The van der Waals surface area contributed by atoms with E-state index in [1.807, 2.05) is 30.3 Å². The Morgan fingerprint density at radius 1 is 0.846 bits per heavy atom. The minimum atomic E-state index is -4.34. The highest BCUT2D eigenvalue weighted by Gasteiger charge is 2.32. The van der Waals surface area contributed by atoms with Gasteiger partial charge in [-0.1, -0.05) is 48.5 Å². The third-order valence-corrected chi connectivity index (χ3v) is 3.98. The van der Waals surface area contributed by atoms with Crippen molar-refractivity contribution in [2.45, 2.75) is 25.6 Å². The smallest absolute Gasteiger partial charge is 0.350 e. The fourth-order valence-corrected chi connectivity index (χ4v) is 2.68. The Balaban J connectivity index is 1.65. The molecule has 26 heavy (non-hydrogen) atoms. The maximum Gasteiger partial charge on any atom is 0.416 e. The van der Waals surface area contributed by atoms with Gasteiger partial charge in [0.25, 0.3) is 0 Å². The van der Waals surface area contributed by atoms with Crippen LogP contribution in [0.4, 0.5) is 19.1 Å². The molecule has 3 aromatic rings. The van der Waals surface area contributed by atoms with Gasteiger partial charge < -0.3 is 5.32 Å². The Bertz CT molecular complexity index is 848. The number of aromatic nitrogens is 2. The zero-order chi connectivity index (χ0) is 18.4. The van der Waals surface area contributed by atoms with E-state index in [-0.39, 0.29) is 12.0 Å². The first-order valence-corrected chi connectivity index (χ1v) is 8.27. The molecule has 0 amide bonds. The Morgan fingerprint density at radius 3 is 2.35 bits per heavy atom. The summed E-state index contributed by atoms with van der Waals surface area (Å²) in [5, 5.41) is 3.13. The van der Waals surface area contributed by atoms with Crippen LogP contribution < -0.4 is 5.32 Å². The van der Waals surface area contributed by atoms with Crippen LogP contribution in [0.3, 0.4) is 0 Å². The summed E-state index contributed by atoms with van der Waals surface area (Å²) in [5.74, 6) is 0.468. The van der Waals surface area contributed by atoms with Crippen LogP contribution in [0.15, 0.2) is 66.9 Å². The molecule has 134 valence electrons. The number of aryl methyl sites for hydroxylation is 2. The summed E-state index contributed by atoms with van der Waals surface area (Å²) in [6.07, 6.45) is -2.05. The molecule has 0 spiro atoms. The highest BCUT2D eigenvalue weighted by Crippen LogP contribution is 2.32. The van der Waals surface area contributed by atoms with E-state index in [9.17, 15) is 13.2 Å². The molecule has 1 N–H and O–H groups in total. The number of nitrogens with one attached hydrogen (secondary N) is 1. The highest BCUT2D eigenvalue weighted by molar-refractivity contribution is 5.31. The average molecular weight is 357 g/mol. The van der Waals surface area contributed by atoms with Crippen molar-refractivity contribution in [1.82, 2.24) is 9.97 Å². The van der Waals surface area contributed by atoms with Crippen molar-refractivity contribution in [2.24, 2.45) is 0 Å². The van der Waals surface area contributed by atoms with Crippen LogP contribution in [0.5, 0.6) is 0 Å². The molecule has 1 aromatic heterocycles. The summed E-state index contributed by atoms with van der Waals surface area (Å²) >= 11 is 0. The van der Waals surface area contributed by atoms with Crippen molar-refractivity contribution in [3.63, 3.8) is 0 Å². The van der Waals surface area contributed by atoms with Gasteiger partial charge in [-0.25, -0.2) is 9.97 Å². The zero-order valence-corrected chi connectivity index (χ0v) is 14.0. The molecule has 6 heteroatoms. The van der Waals surface area contributed by atoms with Crippen molar-refractivity contribution in [1.29, 1.82) is 0 Å². The molecule has 0 saturated heterocycles. The SMILES string of the molecule is FC(F)(F)c1ccccc1CCc1ccnc(NCc2ccccc2)n1. The van der Waals surface area contributed by atoms with E-state index < -0.39 is 11.7 Å². The number of rotatable bonds is 6. The van der Waals surface area contributed by atoms with Crippen LogP contribution in [0.1, 0.15) is 22.4 Å². The van der Waals surface area contributed by atoms with Gasteiger partial charge in [0.1, 0.15) is 0 Å². The summed E-state index contributed by atoms with van der Waals surface area (Å²) < 4.78 is 39.2. The van der Waals surface area contributed by atoms with Gasteiger partial charge in [-0.2, -0.15) is 13.2 Å². The van der Waals surface area contributed by atoms with Crippen molar-refractivity contribution >= 4 is 5.95 Å². The summed E-state index contributed by atoms with van der Waals surface area (Å²) in [5.41, 5.74) is 1.49. The van der Waals surface area contributed by atoms with Gasteiger partial charge in [0.05, 0.1) is 5.56 Å². The summed E-state index contributed by atoms with van der Waals surface area (Å²) in [7, 11) is 0. The van der Waals surface area contributed by atoms with Gasteiger partial charge in [0.2, 0.25) is 5.95 Å². The normalized spacial score (nSPS) is 11.3. The molecule has 0 atom stereocenters. The predicted molar refractivity (Wildman–Crippen MR) is 94.7 cm³/mol. The molecule has 1 heterocycles. The third kappa shape index (κ3) is 4.81. The summed E-state index contributed by atoms with van der Waals surface area (Å²) in [6.45, 7) is 0.585. The van der Waals surface area contributed by atoms with Crippen LogP contribution in [-0.2, 0) is 25.6 Å². The number of anilines is 1. The lowest BCUT2D eigenvalue weighted by Gasteiger charge is -2.12. The van der Waals surface area contributed by atoms with E-state index in [0.29, 0.717) is 24.6 Å². The molecular formula is C20H18F3N3. The standard InChI is InChI=1S/C20H18F3N3/c21-20(22,23)18-9-5-4-8-16(18)10-11-17-12-13-24-19(26-17)25-14-15-6-2-1-3-7-15/h1-9,12-13H,10-11,14H2,(H,24,25,26). The largest absolute Gasteiger partial charge is 0.416 e. The zero-order valence-electron chi connectivity index (χ0n) is 14.0. The van der Waals surface area contributed by atoms with E-state index in [2.05, 4.69) is 15.3 Å². The average Bonchev–Trinajstić information content (AvgIpc) is 2.65. The highest BCUT2D eigenvalue weighted by atomic mass is 19.4. The molecule has 0 aliphatic heterocycles. The Kier molecular flexibility index (Phi) is 5.51. The number of hydrogen-bond donors (Lipinski definition) is 1. The van der Waals surface area contributed by atoms with E-state index in [1.165, 1.54) is 12.1 Å². The molecule has 0 aliphatic rings. The van der Waals surface area contributed by atoms with E-state index in [0.717, 1.165) is 11.6 Å². The second-order valence-electron chi connectivity index (χ2n) is 5.87. The Labute approximate surface area is 149 Å². The topological polar surface area (TPSA) is 37.8 Å². The third-order valence-electron chi connectivity index (χ3n) is 3.98. The number of hydrogen-bond acceptors (Lipinski definition) is 3. The predicted octanol–water partition coefficient (Wildman–Crippen LogP) is 4.89. The number of benzene rings is 2. The molecule has 0 fully saturated rings. The fraction of sp³-hybridized carbons (Fsp3) is 0.200.